The van der Waals surface area contributed by atoms with E-state index in [1.54, 1.807) is 0 Å². The molecule has 2 rings (SSSR count). The topological polar surface area (TPSA) is 90.5 Å². The number of aromatic hydroxyl groups is 1. The van der Waals surface area contributed by atoms with Crippen LogP contribution in [-0.4, -0.2) is 26.6 Å². The van der Waals surface area contributed by atoms with Gasteiger partial charge in [-0.1, -0.05) is 12.1 Å². The molecule has 0 saturated heterocycles. The van der Waals surface area contributed by atoms with Crippen molar-refractivity contribution in [1.82, 2.24) is 9.13 Å². The Kier molecular flexibility index (Phi) is 5.46. The third-order valence-electron chi connectivity index (χ3n) is 4.06. The number of Topliss-reactive ketones (excluding diaryl/α,β-unsaturated/α-hetero) is 1. The zero-order valence-electron chi connectivity index (χ0n) is 14.8. The molecule has 134 valence electrons. The molecule has 0 unspecified atom stereocenters. The van der Waals surface area contributed by atoms with Crippen molar-refractivity contribution in [1.29, 1.82) is 0 Å². The van der Waals surface area contributed by atoms with Gasteiger partial charge in [-0.2, -0.15) is 0 Å². The second kappa shape index (κ2) is 7.38. The van der Waals surface area contributed by atoms with Crippen molar-refractivity contribution in [2.24, 2.45) is 14.1 Å². The smallest absolute Gasteiger partial charge is 0.333 e. The van der Waals surface area contributed by atoms with Crippen LogP contribution in [-0.2, 0) is 14.1 Å². The van der Waals surface area contributed by atoms with Crippen LogP contribution in [0.1, 0.15) is 34.3 Å². The number of nitrogens with zero attached hydrogens (tertiary/aromatic N) is 2. The fraction of sp³-hybridized carbons (Fsp3) is 0.389. The molecule has 0 amide bonds. The molecular weight excluding hydrogens is 324 g/mol. The van der Waals surface area contributed by atoms with E-state index in [9.17, 15) is 19.5 Å². The molecule has 25 heavy (non-hydrogen) atoms. The third kappa shape index (κ3) is 3.81. The first-order chi connectivity index (χ1) is 11.7. The second-order valence-corrected chi connectivity index (χ2v) is 6.05. The summed E-state index contributed by atoms with van der Waals surface area (Å²) < 4.78 is 7.36. The number of ether oxygens (including phenoxy) is 1. The van der Waals surface area contributed by atoms with E-state index in [-0.39, 0.29) is 12.0 Å². The fourth-order valence-corrected chi connectivity index (χ4v) is 2.48. The van der Waals surface area contributed by atoms with Crippen LogP contribution in [0, 0.1) is 13.8 Å². The molecule has 2 aromatic rings. The summed E-state index contributed by atoms with van der Waals surface area (Å²) in [6.45, 7) is 4.21. The summed E-state index contributed by atoms with van der Waals surface area (Å²) in [5, 5.41) is 9.95. The summed E-state index contributed by atoms with van der Waals surface area (Å²) in [5.41, 5.74) is 0.242. The molecule has 7 nitrogen and oxygen atoms in total. The van der Waals surface area contributed by atoms with E-state index < -0.39 is 22.9 Å². The maximum atomic E-state index is 12.3. The van der Waals surface area contributed by atoms with Crippen LogP contribution < -0.4 is 16.0 Å². The van der Waals surface area contributed by atoms with Gasteiger partial charge in [-0.15, -0.1) is 0 Å². The quantitative estimate of drug-likeness (QED) is 0.631. The summed E-state index contributed by atoms with van der Waals surface area (Å²) in [6, 6.07) is 5.87. The Morgan fingerprint density at radius 2 is 1.84 bits per heavy atom. The zero-order valence-corrected chi connectivity index (χ0v) is 14.8. The largest absolute Gasteiger partial charge is 0.494 e. The summed E-state index contributed by atoms with van der Waals surface area (Å²) in [6.07, 6.45) is 0.420. The average Bonchev–Trinajstić information content (AvgIpc) is 2.58. The van der Waals surface area contributed by atoms with Crippen LogP contribution >= 0.6 is 0 Å². The van der Waals surface area contributed by atoms with Gasteiger partial charge in [0.1, 0.15) is 11.3 Å². The monoisotopic (exact) mass is 346 g/mol. The Labute approximate surface area is 145 Å². The van der Waals surface area contributed by atoms with Crippen molar-refractivity contribution in [2.75, 3.05) is 6.61 Å². The van der Waals surface area contributed by atoms with Gasteiger partial charge < -0.3 is 9.84 Å². The lowest BCUT2D eigenvalue weighted by Crippen LogP contribution is -2.40. The summed E-state index contributed by atoms with van der Waals surface area (Å²) in [7, 11) is 2.57. The highest BCUT2D eigenvalue weighted by Crippen LogP contribution is 2.19. The number of carbonyl (C=O) groups excluding carboxylic acids is 1. The number of hydrogen-bond acceptors (Lipinski definition) is 5. The van der Waals surface area contributed by atoms with Crippen molar-refractivity contribution in [3.05, 3.63) is 55.7 Å². The van der Waals surface area contributed by atoms with Crippen molar-refractivity contribution in [3.63, 3.8) is 0 Å². The number of aryl methyl sites for hydroxylation is 2. The van der Waals surface area contributed by atoms with Crippen molar-refractivity contribution in [2.45, 2.75) is 26.7 Å². The Hall–Kier alpha value is -2.83. The van der Waals surface area contributed by atoms with Crippen LogP contribution in [0.4, 0.5) is 0 Å². The number of hydrogen-bond donors (Lipinski definition) is 1. The lowest BCUT2D eigenvalue weighted by molar-refractivity contribution is 0.0966. The number of ketones is 1. The maximum Gasteiger partial charge on any atom is 0.333 e. The standard InChI is InChI=1S/C18H22N2O5/c1-11-7-8-12(2)14(10-11)25-9-5-6-13(21)15-16(22)19(3)18(24)20(4)17(15)23/h7-8,10,22H,5-6,9H2,1-4H3. The Bertz CT molecular complexity index is 924. The van der Waals surface area contributed by atoms with E-state index in [1.807, 2.05) is 32.0 Å². The highest BCUT2D eigenvalue weighted by molar-refractivity contribution is 5.97. The molecule has 0 fully saturated rings. The Balaban J connectivity index is 2.06. The highest BCUT2D eigenvalue weighted by atomic mass is 16.5. The van der Waals surface area contributed by atoms with E-state index in [0.29, 0.717) is 13.0 Å². The molecule has 7 heteroatoms. The van der Waals surface area contributed by atoms with Crippen molar-refractivity contribution in [3.8, 4) is 11.6 Å². The van der Waals surface area contributed by atoms with E-state index in [2.05, 4.69) is 0 Å². The molecule has 0 radical (unpaired) electrons. The van der Waals surface area contributed by atoms with Crippen LogP contribution in [0.3, 0.4) is 0 Å². The van der Waals surface area contributed by atoms with E-state index >= 15 is 0 Å². The predicted molar refractivity (Wildman–Crippen MR) is 93.6 cm³/mol. The van der Waals surface area contributed by atoms with E-state index in [1.165, 1.54) is 14.1 Å². The van der Waals surface area contributed by atoms with Gasteiger partial charge in [-0.25, -0.2) is 4.79 Å². The average molecular weight is 346 g/mol. The zero-order chi connectivity index (χ0) is 18.7. The first kappa shape index (κ1) is 18.5. The molecule has 0 saturated carbocycles. The van der Waals surface area contributed by atoms with Gasteiger partial charge in [-0.05, 0) is 37.5 Å². The third-order valence-corrected chi connectivity index (χ3v) is 4.06. The van der Waals surface area contributed by atoms with Gasteiger partial charge in [0.2, 0.25) is 5.88 Å². The van der Waals surface area contributed by atoms with Crippen molar-refractivity contribution < 1.29 is 14.6 Å². The van der Waals surface area contributed by atoms with Gasteiger partial charge in [0.05, 0.1) is 6.61 Å². The van der Waals surface area contributed by atoms with Crippen LogP contribution in [0.5, 0.6) is 11.6 Å². The first-order valence-corrected chi connectivity index (χ1v) is 7.96. The molecule has 0 atom stereocenters. The second-order valence-electron chi connectivity index (χ2n) is 6.05. The molecule has 0 aliphatic rings. The minimum Gasteiger partial charge on any atom is -0.494 e. The van der Waals surface area contributed by atoms with Gasteiger partial charge in [0, 0.05) is 20.5 Å². The first-order valence-electron chi connectivity index (χ1n) is 7.96. The van der Waals surface area contributed by atoms with Gasteiger partial charge in [-0.3, -0.25) is 18.7 Å². The highest BCUT2D eigenvalue weighted by Gasteiger charge is 2.21. The van der Waals surface area contributed by atoms with E-state index in [0.717, 1.165) is 26.0 Å². The van der Waals surface area contributed by atoms with E-state index in [4.69, 9.17) is 4.74 Å². The molecule has 0 bridgehead atoms. The molecule has 1 aromatic carbocycles. The molecular formula is C18H22N2O5. The lowest BCUT2D eigenvalue weighted by atomic mass is 10.1. The van der Waals surface area contributed by atoms with Gasteiger partial charge >= 0.3 is 5.69 Å². The molecule has 0 aliphatic heterocycles. The van der Waals surface area contributed by atoms with Gasteiger partial charge in [0.25, 0.3) is 5.56 Å². The minimum absolute atomic E-state index is 0.0336. The Morgan fingerprint density at radius 3 is 2.52 bits per heavy atom. The summed E-state index contributed by atoms with van der Waals surface area (Å²) in [5.74, 6) is -0.361. The summed E-state index contributed by atoms with van der Waals surface area (Å²) >= 11 is 0. The SMILES string of the molecule is Cc1ccc(C)c(OCCCC(=O)c2c(O)n(C)c(=O)n(C)c2=O)c1. The van der Waals surface area contributed by atoms with Crippen molar-refractivity contribution >= 4 is 5.78 Å². The Morgan fingerprint density at radius 1 is 1.16 bits per heavy atom. The molecule has 0 spiro atoms. The summed E-state index contributed by atoms with van der Waals surface area (Å²) in [4.78, 5) is 36.1. The van der Waals surface area contributed by atoms with Crippen LogP contribution in [0.25, 0.3) is 0 Å². The maximum absolute atomic E-state index is 12.3. The van der Waals surface area contributed by atoms with Gasteiger partial charge in [0.15, 0.2) is 5.78 Å². The number of aromatic nitrogens is 2. The molecule has 1 N–H and O–H groups in total. The normalized spacial score (nSPS) is 10.7. The molecule has 0 aliphatic carbocycles. The van der Waals surface area contributed by atoms with Crippen LogP contribution in [0.2, 0.25) is 0 Å². The number of carbonyl (C=O) groups is 1. The molecule has 1 aromatic heterocycles. The predicted octanol–water partition coefficient (Wildman–Crippen LogP) is 1.45. The van der Waals surface area contributed by atoms with Crippen LogP contribution in [0.15, 0.2) is 27.8 Å². The minimum atomic E-state index is -0.791. The molecule has 1 heterocycles. The lowest BCUT2D eigenvalue weighted by Gasteiger charge is -2.11. The number of rotatable bonds is 6. The fourth-order valence-electron chi connectivity index (χ4n) is 2.48. The number of benzene rings is 1.